The zero-order valence-corrected chi connectivity index (χ0v) is 13.9. The average molecular weight is 358 g/mol. The third-order valence-corrected chi connectivity index (χ3v) is 3.65. The number of para-hydroxylation sites is 1. The molecule has 1 N–H and O–H groups in total. The Labute approximate surface area is 148 Å². The lowest BCUT2D eigenvalue weighted by atomic mass is 10.2. The monoisotopic (exact) mass is 358 g/mol. The highest BCUT2D eigenvalue weighted by molar-refractivity contribution is 6.03. The molecule has 0 fully saturated rings. The van der Waals surface area contributed by atoms with Crippen molar-refractivity contribution in [2.45, 2.75) is 20.0 Å². The van der Waals surface area contributed by atoms with Gasteiger partial charge in [-0.15, -0.1) is 5.10 Å². The molecule has 0 radical (unpaired) electrons. The van der Waals surface area contributed by atoms with Gasteiger partial charge < -0.3 is 10.1 Å². The molecule has 134 valence electrons. The number of nitrogens with zero attached hydrogens (tertiary/aromatic N) is 3. The third-order valence-electron chi connectivity index (χ3n) is 3.65. The quantitative estimate of drug-likeness (QED) is 0.730. The van der Waals surface area contributed by atoms with Crippen molar-refractivity contribution in [2.75, 3.05) is 5.32 Å². The summed E-state index contributed by atoms with van der Waals surface area (Å²) in [4.78, 5) is 12.5. The number of hydrogen-bond acceptors (Lipinski definition) is 4. The predicted molar refractivity (Wildman–Crippen MR) is 91.8 cm³/mol. The first kappa shape index (κ1) is 17.5. The summed E-state index contributed by atoms with van der Waals surface area (Å²) < 4.78 is 30.3. The molecular weight excluding hydrogens is 342 g/mol. The van der Waals surface area contributed by atoms with Gasteiger partial charge in [-0.2, -0.15) is 8.78 Å². The minimum absolute atomic E-state index is 0.0453. The number of alkyl halides is 2. The molecule has 0 atom stereocenters. The van der Waals surface area contributed by atoms with Crippen molar-refractivity contribution in [3.63, 3.8) is 0 Å². The van der Waals surface area contributed by atoms with E-state index in [-0.39, 0.29) is 17.4 Å². The maximum absolute atomic E-state index is 12.5. The Morgan fingerprint density at radius 3 is 2.46 bits per heavy atom. The molecule has 3 rings (SSSR count). The van der Waals surface area contributed by atoms with Crippen molar-refractivity contribution >= 4 is 11.6 Å². The molecule has 0 unspecified atom stereocenters. The molecule has 3 aromatic rings. The van der Waals surface area contributed by atoms with Crippen LogP contribution in [-0.2, 0) is 6.42 Å². The molecule has 0 aliphatic rings. The second kappa shape index (κ2) is 7.73. The molecule has 0 aliphatic heterocycles. The summed E-state index contributed by atoms with van der Waals surface area (Å²) in [6.07, 6.45) is 0.514. The van der Waals surface area contributed by atoms with E-state index in [1.165, 1.54) is 16.8 Å². The van der Waals surface area contributed by atoms with Gasteiger partial charge in [-0.05, 0) is 42.8 Å². The fraction of sp³-hybridized carbons (Fsp3) is 0.167. The molecule has 0 aliphatic carbocycles. The van der Waals surface area contributed by atoms with E-state index in [9.17, 15) is 13.6 Å². The third kappa shape index (κ3) is 3.85. The van der Waals surface area contributed by atoms with Gasteiger partial charge in [-0.1, -0.05) is 30.3 Å². The lowest BCUT2D eigenvalue weighted by molar-refractivity contribution is -0.0498. The largest absolute Gasteiger partial charge is 0.435 e. The highest BCUT2D eigenvalue weighted by atomic mass is 19.3. The van der Waals surface area contributed by atoms with Crippen molar-refractivity contribution in [3.05, 3.63) is 66.0 Å². The van der Waals surface area contributed by atoms with Crippen LogP contribution >= 0.6 is 0 Å². The summed E-state index contributed by atoms with van der Waals surface area (Å²) in [5.74, 6) is -0.319. The van der Waals surface area contributed by atoms with Gasteiger partial charge in [-0.3, -0.25) is 4.79 Å². The number of hydrogen-bond donors (Lipinski definition) is 1. The first-order chi connectivity index (χ1) is 12.6. The van der Waals surface area contributed by atoms with Crippen LogP contribution in [0.2, 0.25) is 0 Å². The van der Waals surface area contributed by atoms with Gasteiger partial charge in [0.1, 0.15) is 5.75 Å². The van der Waals surface area contributed by atoms with Gasteiger partial charge in [0.2, 0.25) is 0 Å². The van der Waals surface area contributed by atoms with Gasteiger partial charge in [0.25, 0.3) is 5.91 Å². The summed E-state index contributed by atoms with van der Waals surface area (Å²) in [6.45, 7) is -1.00. The molecule has 0 bridgehead atoms. The van der Waals surface area contributed by atoms with Gasteiger partial charge in [-0.25, -0.2) is 4.68 Å². The van der Waals surface area contributed by atoms with Crippen LogP contribution in [0.4, 0.5) is 14.5 Å². The molecule has 1 amide bonds. The van der Waals surface area contributed by atoms with Crippen molar-refractivity contribution in [3.8, 4) is 11.4 Å². The van der Waals surface area contributed by atoms with Crippen LogP contribution in [0.5, 0.6) is 5.75 Å². The SMILES string of the molecule is CCc1c(C(=O)Nc2ccccc2)nnn1-c1ccc(OC(F)F)cc1. The van der Waals surface area contributed by atoms with Crippen LogP contribution in [0.15, 0.2) is 54.6 Å². The molecule has 1 heterocycles. The number of carbonyl (C=O) groups is 1. The van der Waals surface area contributed by atoms with E-state index in [1.54, 1.807) is 24.3 Å². The number of nitrogens with one attached hydrogen (secondary N) is 1. The maximum atomic E-state index is 12.5. The summed E-state index contributed by atoms with van der Waals surface area (Å²) in [6, 6.07) is 15.0. The van der Waals surface area contributed by atoms with E-state index in [0.717, 1.165) is 0 Å². The molecule has 0 spiro atoms. The van der Waals surface area contributed by atoms with Gasteiger partial charge >= 0.3 is 6.61 Å². The summed E-state index contributed by atoms with van der Waals surface area (Å²) in [5, 5.41) is 10.8. The number of carbonyl (C=O) groups excluding carboxylic acids is 1. The van der Waals surface area contributed by atoms with Crippen LogP contribution in [0, 0.1) is 0 Å². The van der Waals surface area contributed by atoms with Crippen LogP contribution in [0.3, 0.4) is 0 Å². The van der Waals surface area contributed by atoms with E-state index >= 15 is 0 Å². The second-order valence-corrected chi connectivity index (χ2v) is 5.34. The van der Waals surface area contributed by atoms with Crippen LogP contribution < -0.4 is 10.1 Å². The second-order valence-electron chi connectivity index (χ2n) is 5.34. The van der Waals surface area contributed by atoms with E-state index < -0.39 is 6.61 Å². The van der Waals surface area contributed by atoms with Crippen molar-refractivity contribution < 1.29 is 18.3 Å². The first-order valence-electron chi connectivity index (χ1n) is 7.94. The normalized spacial score (nSPS) is 10.8. The van der Waals surface area contributed by atoms with Crippen molar-refractivity contribution in [2.24, 2.45) is 0 Å². The highest BCUT2D eigenvalue weighted by Gasteiger charge is 2.19. The Morgan fingerprint density at radius 1 is 1.15 bits per heavy atom. The van der Waals surface area contributed by atoms with E-state index in [2.05, 4.69) is 20.4 Å². The first-order valence-corrected chi connectivity index (χ1v) is 7.94. The molecule has 6 nitrogen and oxygen atoms in total. The Morgan fingerprint density at radius 2 is 1.85 bits per heavy atom. The summed E-state index contributed by atoms with van der Waals surface area (Å²) >= 11 is 0. The van der Waals surface area contributed by atoms with Gasteiger partial charge in [0, 0.05) is 5.69 Å². The van der Waals surface area contributed by atoms with Crippen LogP contribution in [0.1, 0.15) is 23.1 Å². The molecule has 1 aromatic heterocycles. The standard InChI is InChI=1S/C18H16F2N4O2/c1-2-15-16(17(25)21-12-6-4-3-5-7-12)22-23-24(15)13-8-10-14(11-9-13)26-18(19)20/h3-11,18H,2H2,1H3,(H,21,25). The topological polar surface area (TPSA) is 69.0 Å². The number of amides is 1. The summed E-state index contributed by atoms with van der Waals surface area (Å²) in [7, 11) is 0. The van der Waals surface area contributed by atoms with E-state index in [4.69, 9.17) is 0 Å². The zero-order chi connectivity index (χ0) is 18.5. The average Bonchev–Trinajstić information content (AvgIpc) is 3.07. The molecule has 0 saturated heterocycles. The molecule has 0 saturated carbocycles. The van der Waals surface area contributed by atoms with E-state index in [0.29, 0.717) is 23.5 Å². The lowest BCUT2D eigenvalue weighted by Crippen LogP contribution is -2.15. The Hall–Kier alpha value is -3.29. The number of aromatic nitrogens is 3. The van der Waals surface area contributed by atoms with Crippen LogP contribution in [0.25, 0.3) is 5.69 Å². The number of benzene rings is 2. The number of ether oxygens (including phenoxy) is 1. The van der Waals surface area contributed by atoms with Crippen LogP contribution in [-0.4, -0.2) is 27.5 Å². The lowest BCUT2D eigenvalue weighted by Gasteiger charge is -2.08. The molecule has 26 heavy (non-hydrogen) atoms. The molecule has 8 heteroatoms. The molecular formula is C18H16F2N4O2. The smallest absolute Gasteiger partial charge is 0.387 e. The van der Waals surface area contributed by atoms with E-state index in [1.807, 2.05) is 25.1 Å². The Balaban J connectivity index is 1.85. The van der Waals surface area contributed by atoms with Gasteiger partial charge in [0.15, 0.2) is 5.69 Å². The Bertz CT molecular complexity index is 880. The molecule has 2 aromatic carbocycles. The Kier molecular flexibility index (Phi) is 5.21. The van der Waals surface area contributed by atoms with Gasteiger partial charge in [0.05, 0.1) is 11.4 Å². The summed E-state index contributed by atoms with van der Waals surface area (Å²) in [5.41, 5.74) is 2.07. The minimum Gasteiger partial charge on any atom is -0.435 e. The minimum atomic E-state index is -2.88. The predicted octanol–water partition coefficient (Wildman–Crippen LogP) is 3.68. The number of halogens is 2. The van der Waals surface area contributed by atoms with Crippen molar-refractivity contribution in [1.29, 1.82) is 0 Å². The zero-order valence-electron chi connectivity index (χ0n) is 13.9. The number of anilines is 1. The number of rotatable bonds is 6. The fourth-order valence-corrected chi connectivity index (χ4v) is 2.48. The fourth-order valence-electron chi connectivity index (χ4n) is 2.48. The highest BCUT2D eigenvalue weighted by Crippen LogP contribution is 2.20. The van der Waals surface area contributed by atoms with Crippen molar-refractivity contribution in [1.82, 2.24) is 15.0 Å². The maximum Gasteiger partial charge on any atom is 0.387 e.